The van der Waals surface area contributed by atoms with E-state index in [1.165, 1.54) is 5.56 Å². The first kappa shape index (κ1) is 22.8. The van der Waals surface area contributed by atoms with Crippen LogP contribution < -0.4 is 0 Å². The van der Waals surface area contributed by atoms with Crippen molar-refractivity contribution in [3.63, 3.8) is 0 Å². The number of oxazole rings is 1. The summed E-state index contributed by atoms with van der Waals surface area (Å²) in [5.41, 5.74) is 9.27. The summed E-state index contributed by atoms with van der Waals surface area (Å²) in [4.78, 5) is 14.8. The Morgan fingerprint density at radius 2 is 0.923 bits per heavy atom. The van der Waals surface area contributed by atoms with Crippen LogP contribution in [0.4, 0.5) is 0 Å². The van der Waals surface area contributed by atoms with Gasteiger partial charge in [0.25, 0.3) is 0 Å². The Labute approximate surface area is 226 Å². The van der Waals surface area contributed by atoms with E-state index < -0.39 is 0 Å². The average Bonchev–Trinajstić information content (AvgIpc) is 3.47. The molecule has 7 aromatic rings. The highest BCUT2D eigenvalue weighted by atomic mass is 16.3. The third-order valence-electron chi connectivity index (χ3n) is 6.76. The van der Waals surface area contributed by atoms with Gasteiger partial charge < -0.3 is 4.42 Å². The van der Waals surface area contributed by atoms with Gasteiger partial charge in [-0.3, -0.25) is 0 Å². The minimum atomic E-state index is 0.578. The van der Waals surface area contributed by atoms with E-state index in [1.807, 2.05) is 78.9 Å². The molecule has 0 bridgehead atoms. The fraction of sp³-hybridized carbons (Fsp3) is 0. The van der Waals surface area contributed by atoms with Gasteiger partial charge in [0.1, 0.15) is 5.52 Å². The van der Waals surface area contributed by atoms with Crippen molar-refractivity contribution in [2.75, 3.05) is 0 Å². The van der Waals surface area contributed by atoms with Gasteiger partial charge in [-0.2, -0.15) is 0 Å². The van der Waals surface area contributed by atoms with Gasteiger partial charge in [0.05, 0.1) is 17.0 Å². The van der Waals surface area contributed by atoms with Crippen LogP contribution in [0.5, 0.6) is 0 Å². The molecule has 0 fully saturated rings. The zero-order chi connectivity index (χ0) is 26.0. The summed E-state index contributed by atoms with van der Waals surface area (Å²) in [6.45, 7) is 0. The van der Waals surface area contributed by atoms with Crippen LogP contribution in [-0.4, -0.2) is 15.0 Å². The molecule has 184 valence electrons. The third-order valence-corrected chi connectivity index (χ3v) is 6.76. The van der Waals surface area contributed by atoms with Crippen molar-refractivity contribution in [3.8, 4) is 56.5 Å². The SMILES string of the molecule is c1ccc(-c2ccc(-c3cc(-c4ccccc4)nc(-c4cccc5nc(-c6ccccc6)oc45)n3)cc2)cc1. The van der Waals surface area contributed by atoms with Crippen LogP contribution in [0.3, 0.4) is 0 Å². The fourth-order valence-electron chi connectivity index (χ4n) is 4.77. The van der Waals surface area contributed by atoms with Crippen molar-refractivity contribution in [2.45, 2.75) is 0 Å². The number of benzene rings is 5. The molecule has 0 saturated carbocycles. The lowest BCUT2D eigenvalue weighted by Gasteiger charge is -2.10. The largest absolute Gasteiger partial charge is 0.435 e. The maximum absolute atomic E-state index is 6.30. The van der Waals surface area contributed by atoms with Crippen molar-refractivity contribution < 1.29 is 4.42 Å². The Balaban J connectivity index is 1.37. The summed E-state index contributed by atoms with van der Waals surface area (Å²) >= 11 is 0. The number of nitrogens with zero attached hydrogens (tertiary/aromatic N) is 3. The van der Waals surface area contributed by atoms with Gasteiger partial charge in [-0.25, -0.2) is 15.0 Å². The quantitative estimate of drug-likeness (QED) is 0.236. The second kappa shape index (κ2) is 9.84. The van der Waals surface area contributed by atoms with E-state index in [-0.39, 0.29) is 0 Å². The molecule has 0 N–H and O–H groups in total. The van der Waals surface area contributed by atoms with Crippen molar-refractivity contribution in [1.82, 2.24) is 15.0 Å². The Morgan fingerprint density at radius 1 is 0.410 bits per heavy atom. The van der Waals surface area contributed by atoms with Crippen LogP contribution in [-0.2, 0) is 0 Å². The lowest BCUT2D eigenvalue weighted by atomic mass is 10.0. The lowest BCUT2D eigenvalue weighted by Crippen LogP contribution is -1.96. The zero-order valence-electron chi connectivity index (χ0n) is 21.0. The molecule has 4 heteroatoms. The van der Waals surface area contributed by atoms with E-state index in [0.717, 1.165) is 44.7 Å². The Bertz CT molecular complexity index is 1880. The van der Waals surface area contributed by atoms with E-state index in [0.29, 0.717) is 17.3 Å². The normalized spacial score (nSPS) is 11.1. The maximum Gasteiger partial charge on any atom is 0.227 e. The summed E-state index contributed by atoms with van der Waals surface area (Å²) in [6.07, 6.45) is 0. The van der Waals surface area contributed by atoms with Gasteiger partial charge in [0.2, 0.25) is 5.89 Å². The minimum absolute atomic E-state index is 0.578. The number of fused-ring (bicyclic) bond motifs is 1. The molecular formula is C35H23N3O. The first-order valence-corrected chi connectivity index (χ1v) is 12.9. The molecule has 0 unspecified atom stereocenters. The zero-order valence-corrected chi connectivity index (χ0v) is 21.0. The molecule has 0 amide bonds. The molecule has 0 atom stereocenters. The van der Waals surface area contributed by atoms with E-state index >= 15 is 0 Å². The molecule has 0 aliphatic carbocycles. The van der Waals surface area contributed by atoms with Gasteiger partial charge in [0, 0.05) is 16.7 Å². The number of hydrogen-bond acceptors (Lipinski definition) is 4. The topological polar surface area (TPSA) is 51.8 Å². The van der Waals surface area contributed by atoms with Crippen molar-refractivity contribution in [1.29, 1.82) is 0 Å². The van der Waals surface area contributed by atoms with Gasteiger partial charge >= 0.3 is 0 Å². The van der Waals surface area contributed by atoms with Crippen molar-refractivity contribution >= 4 is 11.1 Å². The summed E-state index contributed by atoms with van der Waals surface area (Å²) < 4.78 is 6.30. The van der Waals surface area contributed by atoms with Crippen LogP contribution in [0.15, 0.2) is 144 Å². The monoisotopic (exact) mass is 501 g/mol. The lowest BCUT2D eigenvalue weighted by molar-refractivity contribution is 0.620. The van der Waals surface area contributed by atoms with Crippen LogP contribution in [0, 0.1) is 0 Å². The smallest absolute Gasteiger partial charge is 0.227 e. The molecule has 5 aromatic carbocycles. The van der Waals surface area contributed by atoms with E-state index in [4.69, 9.17) is 19.4 Å². The Hall–Kier alpha value is -5.35. The highest BCUT2D eigenvalue weighted by Crippen LogP contribution is 2.34. The summed E-state index contributed by atoms with van der Waals surface area (Å²) in [7, 11) is 0. The number of aromatic nitrogens is 3. The van der Waals surface area contributed by atoms with E-state index in [2.05, 4.69) is 60.7 Å². The van der Waals surface area contributed by atoms with Crippen LogP contribution in [0.1, 0.15) is 0 Å². The predicted molar refractivity (Wildman–Crippen MR) is 157 cm³/mol. The minimum Gasteiger partial charge on any atom is -0.435 e. The molecule has 0 aliphatic heterocycles. The average molecular weight is 502 g/mol. The molecule has 0 aliphatic rings. The van der Waals surface area contributed by atoms with E-state index in [1.54, 1.807) is 0 Å². The summed E-state index contributed by atoms with van der Waals surface area (Å²) in [5, 5.41) is 0. The molecule has 39 heavy (non-hydrogen) atoms. The molecule has 0 saturated heterocycles. The van der Waals surface area contributed by atoms with Gasteiger partial charge in [-0.05, 0) is 41.5 Å². The van der Waals surface area contributed by atoms with Gasteiger partial charge in [-0.1, -0.05) is 109 Å². The second-order valence-corrected chi connectivity index (χ2v) is 9.31. The standard InChI is InChI=1S/C35H23N3O/c1-4-11-24(12-5-1)25-19-21-27(22-20-25)32-23-31(26-13-6-2-7-14-26)36-34(37-32)29-17-10-18-30-33(29)39-35(38-30)28-15-8-3-9-16-28/h1-23H. The van der Waals surface area contributed by atoms with Crippen LogP contribution >= 0.6 is 0 Å². The van der Waals surface area contributed by atoms with Crippen LogP contribution in [0.25, 0.3) is 67.6 Å². The number of hydrogen-bond donors (Lipinski definition) is 0. The highest BCUT2D eigenvalue weighted by molar-refractivity contribution is 5.90. The number of para-hydroxylation sites is 1. The Morgan fingerprint density at radius 3 is 1.56 bits per heavy atom. The summed E-state index contributed by atoms with van der Waals surface area (Å²) in [5.74, 6) is 1.17. The van der Waals surface area contributed by atoms with Crippen molar-refractivity contribution in [3.05, 3.63) is 140 Å². The first-order valence-electron chi connectivity index (χ1n) is 12.9. The molecule has 7 rings (SSSR count). The predicted octanol–water partition coefficient (Wildman–Crippen LogP) is 8.95. The molecule has 2 heterocycles. The third kappa shape index (κ3) is 4.49. The molecule has 0 radical (unpaired) electrons. The number of rotatable bonds is 5. The molecule has 0 spiro atoms. The van der Waals surface area contributed by atoms with Gasteiger partial charge in [-0.15, -0.1) is 0 Å². The second-order valence-electron chi connectivity index (χ2n) is 9.31. The molecular weight excluding hydrogens is 478 g/mol. The fourth-order valence-corrected chi connectivity index (χ4v) is 4.77. The van der Waals surface area contributed by atoms with Gasteiger partial charge in [0.15, 0.2) is 11.4 Å². The van der Waals surface area contributed by atoms with Crippen LogP contribution in [0.2, 0.25) is 0 Å². The summed E-state index contributed by atoms with van der Waals surface area (Å²) in [6, 6.07) is 47.0. The molecule has 4 nitrogen and oxygen atoms in total. The van der Waals surface area contributed by atoms with Crippen molar-refractivity contribution in [2.24, 2.45) is 0 Å². The maximum atomic E-state index is 6.30. The first-order chi connectivity index (χ1) is 19.3. The highest BCUT2D eigenvalue weighted by Gasteiger charge is 2.17. The van der Waals surface area contributed by atoms with E-state index in [9.17, 15) is 0 Å². The molecule has 2 aromatic heterocycles. The Kier molecular flexibility index (Phi) is 5.76.